The van der Waals surface area contributed by atoms with Gasteiger partial charge in [0.2, 0.25) is 0 Å². The maximum absolute atomic E-state index is 9.35. The molecule has 19 heavy (non-hydrogen) atoms. The van der Waals surface area contributed by atoms with E-state index >= 15 is 0 Å². The third-order valence-electron chi connectivity index (χ3n) is 3.26. The van der Waals surface area contributed by atoms with Gasteiger partial charge in [-0.15, -0.1) is 0 Å². The number of nitrogens with zero attached hydrogens (tertiary/aromatic N) is 1. The van der Waals surface area contributed by atoms with Crippen LogP contribution in [-0.2, 0) is 4.74 Å². The molecule has 1 unspecified atom stereocenters. The van der Waals surface area contributed by atoms with Crippen LogP contribution in [0.5, 0.6) is 5.75 Å². The fourth-order valence-corrected chi connectivity index (χ4v) is 2.50. The summed E-state index contributed by atoms with van der Waals surface area (Å²) in [5.41, 5.74) is 7.36. The van der Waals surface area contributed by atoms with Gasteiger partial charge in [-0.3, -0.25) is 0 Å². The van der Waals surface area contributed by atoms with Gasteiger partial charge in [0, 0.05) is 19.2 Å². The summed E-state index contributed by atoms with van der Waals surface area (Å²) < 4.78 is 11.1. The van der Waals surface area contributed by atoms with Crippen molar-refractivity contribution in [1.82, 2.24) is 0 Å². The molecule has 106 valence electrons. The van der Waals surface area contributed by atoms with Gasteiger partial charge < -0.3 is 25.2 Å². The summed E-state index contributed by atoms with van der Waals surface area (Å²) in [6.07, 6.45) is -0.200. The van der Waals surface area contributed by atoms with Gasteiger partial charge in [-0.2, -0.15) is 0 Å². The molecule has 1 aromatic carbocycles. The average molecular weight is 266 g/mol. The highest BCUT2D eigenvalue weighted by molar-refractivity contribution is 5.70. The molecule has 2 rings (SSSR count). The SMILES string of the molecule is COc1ccc(N)c(N2CC(CO)OC(C)(C)C2)c1. The predicted molar refractivity (Wildman–Crippen MR) is 75.7 cm³/mol. The van der Waals surface area contributed by atoms with Crippen molar-refractivity contribution in [2.45, 2.75) is 25.6 Å². The molecular weight excluding hydrogens is 244 g/mol. The Hall–Kier alpha value is -1.46. The first kappa shape index (κ1) is 14.0. The zero-order valence-corrected chi connectivity index (χ0v) is 11.7. The van der Waals surface area contributed by atoms with Crippen LogP contribution in [0, 0.1) is 0 Å². The van der Waals surface area contributed by atoms with Gasteiger partial charge in [0.15, 0.2) is 0 Å². The molecule has 1 aliphatic rings. The van der Waals surface area contributed by atoms with Crippen molar-refractivity contribution >= 4 is 11.4 Å². The molecule has 0 saturated carbocycles. The second-order valence-corrected chi connectivity index (χ2v) is 5.49. The van der Waals surface area contributed by atoms with E-state index in [0.29, 0.717) is 12.2 Å². The summed E-state index contributed by atoms with van der Waals surface area (Å²) in [5.74, 6) is 0.772. The Bertz CT molecular complexity index is 448. The Morgan fingerprint density at radius 3 is 2.89 bits per heavy atom. The summed E-state index contributed by atoms with van der Waals surface area (Å²) in [4.78, 5) is 2.14. The van der Waals surface area contributed by atoms with Gasteiger partial charge in [-0.25, -0.2) is 0 Å². The molecule has 5 heteroatoms. The van der Waals surface area contributed by atoms with Crippen LogP contribution in [0.25, 0.3) is 0 Å². The van der Waals surface area contributed by atoms with E-state index < -0.39 is 0 Å². The van der Waals surface area contributed by atoms with E-state index in [1.807, 2.05) is 32.0 Å². The van der Waals surface area contributed by atoms with Crippen molar-refractivity contribution in [3.8, 4) is 5.75 Å². The van der Waals surface area contributed by atoms with Crippen molar-refractivity contribution in [1.29, 1.82) is 0 Å². The minimum Gasteiger partial charge on any atom is -0.497 e. The number of morpholine rings is 1. The standard InChI is InChI=1S/C14H22N2O3/c1-14(2)9-16(7-11(8-17)19-14)13-6-10(18-3)4-5-12(13)15/h4-6,11,17H,7-9,15H2,1-3H3. The Morgan fingerprint density at radius 1 is 1.53 bits per heavy atom. The van der Waals surface area contributed by atoms with Gasteiger partial charge in [0.25, 0.3) is 0 Å². The molecule has 1 fully saturated rings. The lowest BCUT2D eigenvalue weighted by Crippen LogP contribution is -2.54. The molecule has 1 atom stereocenters. The minimum absolute atomic E-state index is 0.00377. The van der Waals surface area contributed by atoms with E-state index in [1.54, 1.807) is 7.11 Å². The summed E-state index contributed by atoms with van der Waals surface area (Å²) in [6, 6.07) is 5.60. The Labute approximate surface area is 113 Å². The molecule has 5 nitrogen and oxygen atoms in total. The number of methoxy groups -OCH3 is 1. The van der Waals surface area contributed by atoms with Crippen LogP contribution in [0.4, 0.5) is 11.4 Å². The monoisotopic (exact) mass is 266 g/mol. The highest BCUT2D eigenvalue weighted by Gasteiger charge is 2.33. The number of aliphatic hydroxyl groups is 1. The number of nitrogens with two attached hydrogens (primary N) is 1. The number of anilines is 2. The second-order valence-electron chi connectivity index (χ2n) is 5.49. The Balaban J connectivity index is 2.29. The maximum atomic E-state index is 9.35. The van der Waals surface area contributed by atoms with E-state index in [-0.39, 0.29) is 18.3 Å². The second kappa shape index (κ2) is 5.27. The van der Waals surface area contributed by atoms with E-state index in [2.05, 4.69) is 4.90 Å². The first-order valence-corrected chi connectivity index (χ1v) is 6.42. The van der Waals surface area contributed by atoms with Crippen molar-refractivity contribution < 1.29 is 14.6 Å². The molecule has 1 heterocycles. The van der Waals surface area contributed by atoms with Crippen LogP contribution in [0.1, 0.15) is 13.8 Å². The van der Waals surface area contributed by atoms with Gasteiger partial charge in [0.1, 0.15) is 5.75 Å². The fraction of sp³-hybridized carbons (Fsp3) is 0.571. The van der Waals surface area contributed by atoms with E-state index in [9.17, 15) is 5.11 Å². The number of nitrogen functional groups attached to an aromatic ring is 1. The predicted octanol–water partition coefficient (Wildman–Crippen LogP) is 1.25. The topological polar surface area (TPSA) is 68.0 Å². The molecule has 0 amide bonds. The third kappa shape index (κ3) is 3.11. The first-order valence-electron chi connectivity index (χ1n) is 6.42. The van der Waals surface area contributed by atoms with Crippen LogP contribution >= 0.6 is 0 Å². The number of hydrogen-bond donors (Lipinski definition) is 2. The number of ether oxygens (including phenoxy) is 2. The van der Waals surface area contributed by atoms with Crippen LogP contribution in [0.15, 0.2) is 18.2 Å². The number of aliphatic hydroxyl groups excluding tert-OH is 1. The van der Waals surface area contributed by atoms with Crippen molar-refractivity contribution in [2.75, 3.05) is 37.4 Å². The smallest absolute Gasteiger partial charge is 0.121 e. The Kier molecular flexibility index (Phi) is 3.87. The third-order valence-corrected chi connectivity index (χ3v) is 3.26. The van der Waals surface area contributed by atoms with Crippen molar-refractivity contribution in [3.63, 3.8) is 0 Å². The lowest BCUT2D eigenvalue weighted by atomic mass is 10.0. The fourth-order valence-electron chi connectivity index (χ4n) is 2.50. The van der Waals surface area contributed by atoms with E-state index in [4.69, 9.17) is 15.2 Å². The highest BCUT2D eigenvalue weighted by atomic mass is 16.5. The lowest BCUT2D eigenvalue weighted by Gasteiger charge is -2.43. The van der Waals surface area contributed by atoms with Gasteiger partial charge in [-0.05, 0) is 26.0 Å². The van der Waals surface area contributed by atoms with Gasteiger partial charge in [-0.1, -0.05) is 0 Å². The highest BCUT2D eigenvalue weighted by Crippen LogP contribution is 2.32. The summed E-state index contributed by atoms with van der Waals surface area (Å²) in [6.45, 7) is 5.37. The van der Waals surface area contributed by atoms with Crippen LogP contribution in [0.2, 0.25) is 0 Å². The molecule has 0 radical (unpaired) electrons. The quantitative estimate of drug-likeness (QED) is 0.806. The molecule has 1 aliphatic heterocycles. The van der Waals surface area contributed by atoms with Crippen LogP contribution in [0.3, 0.4) is 0 Å². The van der Waals surface area contributed by atoms with Gasteiger partial charge >= 0.3 is 0 Å². The summed E-state index contributed by atoms with van der Waals surface area (Å²) in [5, 5.41) is 9.35. The molecule has 3 N–H and O–H groups in total. The molecule has 0 spiro atoms. The van der Waals surface area contributed by atoms with E-state index in [1.165, 1.54) is 0 Å². The van der Waals surface area contributed by atoms with Gasteiger partial charge in [0.05, 0.1) is 36.8 Å². The molecule has 0 aliphatic carbocycles. The molecule has 0 bridgehead atoms. The zero-order chi connectivity index (χ0) is 14.0. The summed E-state index contributed by atoms with van der Waals surface area (Å²) >= 11 is 0. The number of benzene rings is 1. The molecule has 1 aromatic rings. The number of rotatable bonds is 3. The maximum Gasteiger partial charge on any atom is 0.121 e. The van der Waals surface area contributed by atoms with E-state index in [0.717, 1.165) is 18.0 Å². The largest absolute Gasteiger partial charge is 0.497 e. The first-order chi connectivity index (χ1) is 8.95. The normalized spacial score (nSPS) is 22.3. The lowest BCUT2D eigenvalue weighted by molar-refractivity contribution is -0.100. The van der Waals surface area contributed by atoms with Crippen molar-refractivity contribution in [3.05, 3.63) is 18.2 Å². The summed E-state index contributed by atoms with van der Waals surface area (Å²) in [7, 11) is 1.63. The minimum atomic E-state index is -0.318. The average Bonchev–Trinajstić information content (AvgIpc) is 2.37. The van der Waals surface area contributed by atoms with Crippen LogP contribution < -0.4 is 15.4 Å². The van der Waals surface area contributed by atoms with Crippen molar-refractivity contribution in [2.24, 2.45) is 0 Å². The molecule has 1 saturated heterocycles. The zero-order valence-electron chi connectivity index (χ0n) is 11.7. The number of hydrogen-bond acceptors (Lipinski definition) is 5. The molecular formula is C14H22N2O3. The van der Waals surface area contributed by atoms with Crippen LogP contribution in [-0.4, -0.2) is 43.6 Å². The Morgan fingerprint density at radius 2 is 2.26 bits per heavy atom. The molecule has 0 aromatic heterocycles.